The summed E-state index contributed by atoms with van der Waals surface area (Å²) in [6.07, 6.45) is 5.42. The number of hydrogen-bond acceptors (Lipinski definition) is 2. The summed E-state index contributed by atoms with van der Waals surface area (Å²) in [7, 11) is 0. The van der Waals surface area contributed by atoms with Gasteiger partial charge in [0.1, 0.15) is 0 Å². The van der Waals surface area contributed by atoms with E-state index in [0.29, 0.717) is 5.41 Å². The predicted octanol–water partition coefficient (Wildman–Crippen LogP) is 2.24. The van der Waals surface area contributed by atoms with E-state index in [9.17, 15) is 0 Å². The van der Waals surface area contributed by atoms with Crippen molar-refractivity contribution in [1.29, 1.82) is 0 Å². The Hall–Kier alpha value is -0.380. The van der Waals surface area contributed by atoms with E-state index in [2.05, 4.69) is 36.2 Å². The first kappa shape index (κ1) is 13.1. The summed E-state index contributed by atoms with van der Waals surface area (Å²) in [4.78, 5) is 4.69. The van der Waals surface area contributed by atoms with Crippen molar-refractivity contribution in [1.82, 2.24) is 10.6 Å². The molecule has 1 aliphatic heterocycles. The number of thioether (sulfide) groups is 1. The summed E-state index contributed by atoms with van der Waals surface area (Å²) in [6.45, 7) is 7.43. The predicted molar refractivity (Wildman–Crippen MR) is 76.8 cm³/mol. The maximum atomic E-state index is 4.69. The van der Waals surface area contributed by atoms with Crippen LogP contribution in [0.3, 0.4) is 0 Å². The third kappa shape index (κ3) is 4.41. The van der Waals surface area contributed by atoms with Gasteiger partial charge in [-0.25, -0.2) is 0 Å². The summed E-state index contributed by atoms with van der Waals surface area (Å²) in [6, 6.07) is 0. The van der Waals surface area contributed by atoms with Crippen molar-refractivity contribution >= 4 is 17.7 Å². The first-order valence-corrected chi connectivity index (χ1v) is 7.90. The normalized spacial score (nSPS) is 26.9. The van der Waals surface area contributed by atoms with Gasteiger partial charge in [0.25, 0.3) is 0 Å². The first-order chi connectivity index (χ1) is 8.22. The van der Waals surface area contributed by atoms with Gasteiger partial charge in [0.2, 0.25) is 0 Å². The minimum Gasteiger partial charge on any atom is -0.357 e. The number of nitrogens with one attached hydrogen (secondary N) is 2. The molecule has 1 saturated heterocycles. The Bertz CT molecular complexity index is 268. The second kappa shape index (κ2) is 5.98. The van der Waals surface area contributed by atoms with Crippen LogP contribution in [0.25, 0.3) is 0 Å². The zero-order chi connectivity index (χ0) is 12.1. The molecule has 0 aromatic rings. The van der Waals surface area contributed by atoms with E-state index in [-0.39, 0.29) is 0 Å². The van der Waals surface area contributed by atoms with Crippen LogP contribution in [-0.2, 0) is 0 Å². The molecule has 98 valence electrons. The van der Waals surface area contributed by atoms with Crippen molar-refractivity contribution < 1.29 is 0 Å². The van der Waals surface area contributed by atoms with Crippen molar-refractivity contribution in [2.45, 2.75) is 44.8 Å². The van der Waals surface area contributed by atoms with Crippen molar-refractivity contribution in [2.75, 3.05) is 25.4 Å². The van der Waals surface area contributed by atoms with Gasteiger partial charge in [0, 0.05) is 24.9 Å². The lowest BCUT2D eigenvalue weighted by Gasteiger charge is -2.15. The Morgan fingerprint density at radius 1 is 1.41 bits per heavy atom. The average Bonchev–Trinajstić information content (AvgIpc) is 2.85. The molecule has 0 bridgehead atoms. The molecular weight excluding hydrogens is 230 g/mol. The highest BCUT2D eigenvalue weighted by atomic mass is 32.2. The van der Waals surface area contributed by atoms with E-state index in [1.165, 1.54) is 31.4 Å². The Kier molecular flexibility index (Phi) is 4.60. The summed E-state index contributed by atoms with van der Waals surface area (Å²) in [5.41, 5.74) is 0.504. The lowest BCUT2D eigenvalue weighted by molar-refractivity contribution is 0.584. The second-order valence-electron chi connectivity index (χ2n) is 5.52. The lowest BCUT2D eigenvalue weighted by Crippen LogP contribution is -2.40. The maximum absolute atomic E-state index is 4.69. The highest BCUT2D eigenvalue weighted by molar-refractivity contribution is 8.00. The fraction of sp³-hybridized carbons (Fsp3) is 0.923. The molecule has 2 rings (SSSR count). The van der Waals surface area contributed by atoms with Gasteiger partial charge in [0.15, 0.2) is 5.96 Å². The lowest BCUT2D eigenvalue weighted by atomic mass is 10.1. The summed E-state index contributed by atoms with van der Waals surface area (Å²) in [5, 5.41) is 7.60. The van der Waals surface area contributed by atoms with Crippen LogP contribution in [-0.4, -0.2) is 36.6 Å². The van der Waals surface area contributed by atoms with Crippen LogP contribution in [0, 0.1) is 5.41 Å². The van der Waals surface area contributed by atoms with Gasteiger partial charge >= 0.3 is 0 Å². The van der Waals surface area contributed by atoms with Gasteiger partial charge in [-0.1, -0.05) is 6.92 Å². The van der Waals surface area contributed by atoms with Crippen LogP contribution in [0.2, 0.25) is 0 Å². The monoisotopic (exact) mass is 255 g/mol. The first-order valence-electron chi connectivity index (χ1n) is 6.86. The van der Waals surface area contributed by atoms with Crippen LogP contribution in [0.15, 0.2) is 4.99 Å². The molecule has 1 atom stereocenters. The minimum atomic E-state index is 0.504. The highest BCUT2D eigenvalue weighted by Crippen LogP contribution is 2.44. The van der Waals surface area contributed by atoms with Crippen LogP contribution in [0.1, 0.15) is 39.5 Å². The standard InChI is InChI=1S/C13H25N3S/c1-3-14-12(16-10-13(2)6-7-13)15-9-11-5-4-8-17-11/h11H,3-10H2,1-2H3,(H2,14,15,16). The fourth-order valence-electron chi connectivity index (χ4n) is 2.00. The summed E-state index contributed by atoms with van der Waals surface area (Å²) < 4.78 is 0. The topological polar surface area (TPSA) is 36.4 Å². The van der Waals surface area contributed by atoms with Crippen LogP contribution in [0.4, 0.5) is 0 Å². The number of hydrogen-bond donors (Lipinski definition) is 2. The number of guanidine groups is 1. The zero-order valence-electron chi connectivity index (χ0n) is 11.1. The second-order valence-corrected chi connectivity index (χ2v) is 6.93. The number of aliphatic imine (C=N–C) groups is 1. The molecule has 0 amide bonds. The van der Waals surface area contributed by atoms with E-state index in [4.69, 9.17) is 4.99 Å². The van der Waals surface area contributed by atoms with E-state index in [1.807, 2.05) is 0 Å². The quantitative estimate of drug-likeness (QED) is 0.584. The van der Waals surface area contributed by atoms with Gasteiger partial charge in [-0.3, -0.25) is 4.99 Å². The molecule has 1 aliphatic carbocycles. The minimum absolute atomic E-state index is 0.504. The third-order valence-electron chi connectivity index (χ3n) is 3.59. The fourth-order valence-corrected chi connectivity index (χ4v) is 3.20. The van der Waals surface area contributed by atoms with Crippen molar-refractivity contribution in [2.24, 2.45) is 10.4 Å². The molecule has 0 aromatic heterocycles. The molecule has 2 N–H and O–H groups in total. The number of rotatable bonds is 5. The van der Waals surface area contributed by atoms with Gasteiger partial charge < -0.3 is 10.6 Å². The van der Waals surface area contributed by atoms with Crippen molar-refractivity contribution in [3.63, 3.8) is 0 Å². The van der Waals surface area contributed by atoms with Gasteiger partial charge in [-0.15, -0.1) is 0 Å². The van der Waals surface area contributed by atoms with E-state index in [1.54, 1.807) is 0 Å². The molecule has 1 unspecified atom stereocenters. The maximum Gasteiger partial charge on any atom is 0.191 e. The molecule has 1 saturated carbocycles. The van der Waals surface area contributed by atoms with Gasteiger partial charge in [-0.2, -0.15) is 11.8 Å². The summed E-state index contributed by atoms with van der Waals surface area (Å²) >= 11 is 2.09. The molecular formula is C13H25N3S. The molecule has 4 heteroatoms. The van der Waals surface area contributed by atoms with Crippen LogP contribution < -0.4 is 10.6 Å². The van der Waals surface area contributed by atoms with E-state index in [0.717, 1.165) is 30.8 Å². The smallest absolute Gasteiger partial charge is 0.191 e. The van der Waals surface area contributed by atoms with Gasteiger partial charge in [-0.05, 0) is 43.8 Å². The molecule has 0 radical (unpaired) electrons. The Balaban J connectivity index is 1.74. The highest BCUT2D eigenvalue weighted by Gasteiger charge is 2.36. The Morgan fingerprint density at radius 2 is 2.24 bits per heavy atom. The third-order valence-corrected chi connectivity index (χ3v) is 4.99. The average molecular weight is 255 g/mol. The molecule has 0 spiro atoms. The van der Waals surface area contributed by atoms with E-state index < -0.39 is 0 Å². The molecule has 3 nitrogen and oxygen atoms in total. The van der Waals surface area contributed by atoms with Crippen molar-refractivity contribution in [3.05, 3.63) is 0 Å². The van der Waals surface area contributed by atoms with Crippen LogP contribution in [0.5, 0.6) is 0 Å². The largest absolute Gasteiger partial charge is 0.357 e. The molecule has 2 aliphatic rings. The zero-order valence-corrected chi connectivity index (χ0v) is 11.9. The SMILES string of the molecule is CCNC(=NCC1(C)CC1)NCC1CCCS1. The molecule has 1 heterocycles. The van der Waals surface area contributed by atoms with Gasteiger partial charge in [0.05, 0.1) is 0 Å². The molecule has 17 heavy (non-hydrogen) atoms. The molecule has 0 aromatic carbocycles. The van der Waals surface area contributed by atoms with Crippen LogP contribution >= 0.6 is 11.8 Å². The summed E-state index contributed by atoms with van der Waals surface area (Å²) in [5.74, 6) is 2.34. The number of nitrogens with zero attached hydrogens (tertiary/aromatic N) is 1. The molecule has 2 fully saturated rings. The Labute approximate surface area is 109 Å². The van der Waals surface area contributed by atoms with Crippen molar-refractivity contribution in [3.8, 4) is 0 Å². The Morgan fingerprint density at radius 3 is 2.82 bits per heavy atom. The van der Waals surface area contributed by atoms with E-state index >= 15 is 0 Å².